The Morgan fingerprint density at radius 3 is 2.76 bits per heavy atom. The molecule has 0 saturated carbocycles. The van der Waals surface area contributed by atoms with Crippen LogP contribution in [0.5, 0.6) is 0 Å². The van der Waals surface area contributed by atoms with E-state index in [2.05, 4.69) is 0 Å². The minimum absolute atomic E-state index is 0.302. The van der Waals surface area contributed by atoms with Crippen molar-refractivity contribution in [2.45, 2.75) is 31.5 Å². The maximum atomic E-state index is 11.4. The zero-order valence-electron chi connectivity index (χ0n) is 9.97. The molecule has 0 aliphatic carbocycles. The van der Waals surface area contributed by atoms with Gasteiger partial charge in [-0.2, -0.15) is 0 Å². The predicted octanol–water partition coefficient (Wildman–Crippen LogP) is 1.06. The molecule has 17 heavy (non-hydrogen) atoms. The smallest absolute Gasteiger partial charge is 0.325 e. The van der Waals surface area contributed by atoms with E-state index >= 15 is 0 Å². The van der Waals surface area contributed by atoms with Crippen molar-refractivity contribution in [1.82, 2.24) is 4.90 Å². The third-order valence-electron chi connectivity index (χ3n) is 3.74. The molecule has 4 nitrogen and oxygen atoms in total. The molecule has 1 saturated heterocycles. The Morgan fingerprint density at radius 1 is 1.53 bits per heavy atom. The van der Waals surface area contributed by atoms with Crippen molar-refractivity contribution in [3.05, 3.63) is 35.9 Å². The zero-order valence-corrected chi connectivity index (χ0v) is 9.97. The fourth-order valence-corrected chi connectivity index (χ4v) is 2.38. The fourth-order valence-electron chi connectivity index (χ4n) is 2.38. The minimum Gasteiger partial charge on any atom is -0.480 e. The van der Waals surface area contributed by atoms with Crippen molar-refractivity contribution in [3.8, 4) is 0 Å². The summed E-state index contributed by atoms with van der Waals surface area (Å²) in [5.74, 6) is -0.835. The van der Waals surface area contributed by atoms with Crippen LogP contribution in [0.3, 0.4) is 0 Å². The average molecular weight is 234 g/mol. The van der Waals surface area contributed by atoms with Crippen LogP contribution in [0.25, 0.3) is 0 Å². The van der Waals surface area contributed by atoms with Crippen LogP contribution >= 0.6 is 0 Å². The van der Waals surface area contributed by atoms with E-state index in [1.807, 2.05) is 35.2 Å². The number of hydrogen-bond acceptors (Lipinski definition) is 3. The van der Waals surface area contributed by atoms with Crippen LogP contribution in [-0.4, -0.2) is 34.1 Å². The highest BCUT2D eigenvalue weighted by atomic mass is 16.4. The van der Waals surface area contributed by atoms with Gasteiger partial charge in [0, 0.05) is 19.1 Å². The zero-order chi connectivity index (χ0) is 12.5. The number of nitrogens with two attached hydrogens (primary N) is 1. The van der Waals surface area contributed by atoms with E-state index < -0.39 is 11.5 Å². The van der Waals surface area contributed by atoms with Crippen molar-refractivity contribution in [2.24, 2.45) is 5.73 Å². The Hall–Kier alpha value is -1.39. The van der Waals surface area contributed by atoms with Gasteiger partial charge in [0.15, 0.2) is 0 Å². The van der Waals surface area contributed by atoms with Crippen molar-refractivity contribution < 1.29 is 9.90 Å². The monoisotopic (exact) mass is 234 g/mol. The summed E-state index contributed by atoms with van der Waals surface area (Å²) in [6.07, 6.45) is 0.732. The van der Waals surface area contributed by atoms with E-state index in [0.29, 0.717) is 6.54 Å². The first-order valence-electron chi connectivity index (χ1n) is 5.83. The maximum Gasteiger partial charge on any atom is 0.325 e. The molecule has 2 unspecified atom stereocenters. The van der Waals surface area contributed by atoms with Crippen molar-refractivity contribution in [3.63, 3.8) is 0 Å². The Kier molecular flexibility index (Phi) is 3.17. The first kappa shape index (κ1) is 12.1. The Balaban J connectivity index is 2.19. The molecule has 1 aliphatic rings. The highest BCUT2D eigenvalue weighted by Crippen LogP contribution is 2.29. The molecule has 0 amide bonds. The molecule has 1 heterocycles. The van der Waals surface area contributed by atoms with Crippen LogP contribution in [0.4, 0.5) is 0 Å². The van der Waals surface area contributed by atoms with Gasteiger partial charge in [0.25, 0.3) is 0 Å². The number of nitrogens with zero attached hydrogens (tertiary/aromatic N) is 1. The average Bonchev–Trinajstić information content (AvgIpc) is 2.60. The van der Waals surface area contributed by atoms with E-state index in [-0.39, 0.29) is 6.04 Å². The van der Waals surface area contributed by atoms with Gasteiger partial charge >= 0.3 is 5.97 Å². The SMILES string of the molecule is CC1(C(=O)O)C(N)CCN1Cc1ccccc1. The summed E-state index contributed by atoms with van der Waals surface area (Å²) in [6.45, 7) is 3.09. The van der Waals surface area contributed by atoms with Crippen LogP contribution in [-0.2, 0) is 11.3 Å². The normalized spacial score (nSPS) is 29.4. The van der Waals surface area contributed by atoms with E-state index in [9.17, 15) is 9.90 Å². The molecule has 3 N–H and O–H groups in total. The molecule has 1 fully saturated rings. The molecule has 0 aromatic heterocycles. The summed E-state index contributed by atoms with van der Waals surface area (Å²) in [5, 5.41) is 9.37. The summed E-state index contributed by atoms with van der Waals surface area (Å²) in [4.78, 5) is 13.4. The molecule has 0 bridgehead atoms. The van der Waals surface area contributed by atoms with Gasteiger partial charge in [-0.25, -0.2) is 0 Å². The first-order valence-corrected chi connectivity index (χ1v) is 5.83. The lowest BCUT2D eigenvalue weighted by atomic mass is 9.94. The van der Waals surface area contributed by atoms with Gasteiger partial charge in [-0.15, -0.1) is 0 Å². The summed E-state index contributed by atoms with van der Waals surface area (Å²) < 4.78 is 0. The van der Waals surface area contributed by atoms with Crippen LogP contribution in [0.15, 0.2) is 30.3 Å². The number of carboxylic acid groups (broad SMARTS) is 1. The van der Waals surface area contributed by atoms with Gasteiger partial charge < -0.3 is 10.8 Å². The largest absolute Gasteiger partial charge is 0.480 e. The number of carboxylic acids is 1. The van der Waals surface area contributed by atoms with E-state index in [0.717, 1.165) is 18.5 Å². The van der Waals surface area contributed by atoms with E-state index in [4.69, 9.17) is 5.73 Å². The van der Waals surface area contributed by atoms with Crippen LogP contribution in [0, 0.1) is 0 Å². The van der Waals surface area contributed by atoms with Gasteiger partial charge in [-0.05, 0) is 18.9 Å². The summed E-state index contributed by atoms with van der Waals surface area (Å²) in [6, 6.07) is 9.59. The first-order chi connectivity index (χ1) is 8.05. The quantitative estimate of drug-likeness (QED) is 0.820. The lowest BCUT2D eigenvalue weighted by Crippen LogP contribution is -2.56. The van der Waals surface area contributed by atoms with Crippen LogP contribution < -0.4 is 5.73 Å². The molecule has 0 spiro atoms. The number of benzene rings is 1. The van der Waals surface area contributed by atoms with Crippen LogP contribution in [0.1, 0.15) is 18.9 Å². The summed E-state index contributed by atoms with van der Waals surface area (Å²) in [5.41, 5.74) is 6.11. The minimum atomic E-state index is -0.949. The lowest BCUT2D eigenvalue weighted by Gasteiger charge is -2.33. The van der Waals surface area contributed by atoms with Crippen molar-refractivity contribution in [2.75, 3.05) is 6.54 Å². The van der Waals surface area contributed by atoms with Gasteiger partial charge in [0.05, 0.1) is 0 Å². The Morgan fingerprint density at radius 2 is 2.18 bits per heavy atom. The number of hydrogen-bond donors (Lipinski definition) is 2. The molecule has 1 aromatic rings. The predicted molar refractivity (Wildman–Crippen MR) is 65.5 cm³/mol. The Bertz CT molecular complexity index is 407. The molecule has 2 rings (SSSR count). The number of carbonyl (C=O) groups is 1. The molecule has 2 atom stereocenters. The molecular weight excluding hydrogens is 216 g/mol. The van der Waals surface area contributed by atoms with Gasteiger partial charge in [0.1, 0.15) is 5.54 Å². The van der Waals surface area contributed by atoms with E-state index in [1.165, 1.54) is 0 Å². The highest BCUT2D eigenvalue weighted by molar-refractivity contribution is 5.80. The number of rotatable bonds is 3. The second-order valence-corrected chi connectivity index (χ2v) is 4.75. The summed E-state index contributed by atoms with van der Waals surface area (Å²) in [7, 11) is 0. The third kappa shape index (κ3) is 2.06. The van der Waals surface area contributed by atoms with Gasteiger partial charge in [-0.1, -0.05) is 30.3 Å². The van der Waals surface area contributed by atoms with Crippen LogP contribution in [0.2, 0.25) is 0 Å². The summed E-state index contributed by atoms with van der Waals surface area (Å²) >= 11 is 0. The highest BCUT2D eigenvalue weighted by Gasteiger charge is 2.49. The van der Waals surface area contributed by atoms with Gasteiger partial charge in [-0.3, -0.25) is 9.69 Å². The number of likely N-dealkylation sites (tertiary alicyclic amines) is 1. The standard InChI is InChI=1S/C13H18N2O2/c1-13(12(16)17)11(14)7-8-15(13)9-10-5-3-2-4-6-10/h2-6,11H,7-9,14H2,1H3,(H,16,17). The molecule has 92 valence electrons. The second-order valence-electron chi connectivity index (χ2n) is 4.75. The van der Waals surface area contributed by atoms with Gasteiger partial charge in [0.2, 0.25) is 0 Å². The van der Waals surface area contributed by atoms with Crippen molar-refractivity contribution in [1.29, 1.82) is 0 Å². The Labute approximate surface area is 101 Å². The van der Waals surface area contributed by atoms with Crippen molar-refractivity contribution >= 4 is 5.97 Å². The molecule has 1 aromatic carbocycles. The fraction of sp³-hybridized carbons (Fsp3) is 0.462. The molecule has 1 aliphatic heterocycles. The lowest BCUT2D eigenvalue weighted by molar-refractivity contribution is -0.149. The third-order valence-corrected chi connectivity index (χ3v) is 3.74. The topological polar surface area (TPSA) is 66.6 Å². The molecule has 4 heteroatoms. The second kappa shape index (κ2) is 4.47. The number of aliphatic carboxylic acids is 1. The molecule has 0 radical (unpaired) electrons. The van der Waals surface area contributed by atoms with E-state index in [1.54, 1.807) is 6.92 Å². The molecular formula is C13H18N2O2. The maximum absolute atomic E-state index is 11.4.